The fourth-order valence-electron chi connectivity index (χ4n) is 1.97. The summed E-state index contributed by atoms with van der Waals surface area (Å²) in [4.78, 5) is 0. The van der Waals surface area contributed by atoms with Crippen LogP contribution in [0.5, 0.6) is 0 Å². The van der Waals surface area contributed by atoms with Gasteiger partial charge in [-0.15, -0.1) is 0 Å². The molecule has 2 unspecified atom stereocenters. The molecule has 1 aromatic carbocycles. The van der Waals surface area contributed by atoms with Crippen LogP contribution in [-0.4, -0.2) is 13.6 Å². The highest BCUT2D eigenvalue weighted by molar-refractivity contribution is 6.30. The summed E-state index contributed by atoms with van der Waals surface area (Å²) in [5.41, 5.74) is 1.39. The van der Waals surface area contributed by atoms with E-state index in [2.05, 4.69) is 31.3 Å². The van der Waals surface area contributed by atoms with E-state index in [0.717, 1.165) is 17.5 Å². The Hall–Kier alpha value is -0.530. The van der Waals surface area contributed by atoms with Crippen LogP contribution in [0, 0.1) is 5.92 Å². The van der Waals surface area contributed by atoms with Gasteiger partial charge in [0.2, 0.25) is 0 Å². The molecule has 1 N–H and O–H groups in total. The van der Waals surface area contributed by atoms with E-state index in [1.54, 1.807) is 0 Å². The number of halogens is 1. The molecule has 0 radical (unpaired) electrons. The lowest BCUT2D eigenvalue weighted by molar-refractivity contribution is 0.444. The van der Waals surface area contributed by atoms with Crippen LogP contribution in [0.25, 0.3) is 0 Å². The van der Waals surface area contributed by atoms with Crippen molar-refractivity contribution in [2.45, 2.75) is 32.6 Å². The summed E-state index contributed by atoms with van der Waals surface area (Å²) < 4.78 is 0. The molecule has 2 heteroatoms. The van der Waals surface area contributed by atoms with Crippen molar-refractivity contribution < 1.29 is 0 Å². The molecular formula is C14H22ClN. The first-order valence-electron chi connectivity index (χ1n) is 6.07. The van der Waals surface area contributed by atoms with Gasteiger partial charge in [-0.05, 0) is 43.0 Å². The van der Waals surface area contributed by atoms with Crippen LogP contribution in [0.3, 0.4) is 0 Å². The van der Waals surface area contributed by atoms with E-state index in [-0.39, 0.29) is 0 Å². The zero-order valence-corrected chi connectivity index (χ0v) is 11.2. The molecule has 0 saturated carbocycles. The van der Waals surface area contributed by atoms with Gasteiger partial charge in [-0.25, -0.2) is 0 Å². The second kappa shape index (κ2) is 6.93. The molecule has 1 rings (SSSR count). The lowest BCUT2D eigenvalue weighted by Gasteiger charge is -2.20. The maximum atomic E-state index is 5.91. The van der Waals surface area contributed by atoms with Gasteiger partial charge in [0.05, 0.1) is 0 Å². The quantitative estimate of drug-likeness (QED) is 0.789. The van der Waals surface area contributed by atoms with Gasteiger partial charge in [0.1, 0.15) is 0 Å². The Balaban J connectivity index is 2.72. The fraction of sp³-hybridized carbons (Fsp3) is 0.571. The van der Waals surface area contributed by atoms with E-state index in [0.29, 0.717) is 5.92 Å². The SMILES string of the molecule is CCC(C)CC(CNC)c1ccc(Cl)cc1. The maximum absolute atomic E-state index is 5.91. The minimum absolute atomic E-state index is 0.595. The number of hydrogen-bond donors (Lipinski definition) is 1. The van der Waals surface area contributed by atoms with Crippen molar-refractivity contribution in [2.24, 2.45) is 5.92 Å². The van der Waals surface area contributed by atoms with E-state index >= 15 is 0 Å². The van der Waals surface area contributed by atoms with Crippen LogP contribution in [0.4, 0.5) is 0 Å². The van der Waals surface area contributed by atoms with E-state index in [1.807, 2.05) is 19.2 Å². The summed E-state index contributed by atoms with van der Waals surface area (Å²) in [6, 6.07) is 8.26. The van der Waals surface area contributed by atoms with Gasteiger partial charge in [0.15, 0.2) is 0 Å². The molecular weight excluding hydrogens is 218 g/mol. The van der Waals surface area contributed by atoms with E-state index in [9.17, 15) is 0 Å². The number of hydrogen-bond acceptors (Lipinski definition) is 1. The standard InChI is InChI=1S/C14H22ClN/c1-4-11(2)9-13(10-16-3)12-5-7-14(15)8-6-12/h5-8,11,13,16H,4,9-10H2,1-3H3. The van der Waals surface area contributed by atoms with Gasteiger partial charge < -0.3 is 5.32 Å². The Morgan fingerprint density at radius 3 is 2.38 bits per heavy atom. The molecule has 16 heavy (non-hydrogen) atoms. The summed E-state index contributed by atoms with van der Waals surface area (Å²) in [6.45, 7) is 5.60. The molecule has 0 saturated heterocycles. The van der Waals surface area contributed by atoms with Gasteiger partial charge in [0.25, 0.3) is 0 Å². The Morgan fingerprint density at radius 2 is 1.88 bits per heavy atom. The molecule has 0 fully saturated rings. The summed E-state index contributed by atoms with van der Waals surface area (Å²) in [7, 11) is 2.01. The second-order valence-corrected chi connectivity index (χ2v) is 4.99. The van der Waals surface area contributed by atoms with Gasteiger partial charge in [0, 0.05) is 11.6 Å². The molecule has 2 atom stereocenters. The molecule has 0 heterocycles. The smallest absolute Gasteiger partial charge is 0.0406 e. The normalized spacial score (nSPS) is 14.8. The maximum Gasteiger partial charge on any atom is 0.0406 e. The lowest BCUT2D eigenvalue weighted by Crippen LogP contribution is -2.19. The average molecular weight is 240 g/mol. The zero-order chi connectivity index (χ0) is 12.0. The van der Waals surface area contributed by atoms with Gasteiger partial charge in [-0.3, -0.25) is 0 Å². The highest BCUT2D eigenvalue weighted by Gasteiger charge is 2.13. The monoisotopic (exact) mass is 239 g/mol. The molecule has 0 bridgehead atoms. The topological polar surface area (TPSA) is 12.0 Å². The summed E-state index contributed by atoms with van der Waals surface area (Å²) in [5, 5.41) is 4.09. The van der Waals surface area contributed by atoms with Gasteiger partial charge >= 0.3 is 0 Å². The third-order valence-electron chi connectivity index (χ3n) is 3.18. The molecule has 0 aliphatic heterocycles. The molecule has 1 aromatic rings. The highest BCUT2D eigenvalue weighted by Crippen LogP contribution is 2.25. The number of benzene rings is 1. The predicted molar refractivity (Wildman–Crippen MR) is 72.2 cm³/mol. The Bertz CT molecular complexity index is 294. The molecule has 1 nitrogen and oxygen atoms in total. The number of rotatable bonds is 6. The van der Waals surface area contributed by atoms with E-state index < -0.39 is 0 Å². The Labute approximate surface area is 104 Å². The van der Waals surface area contributed by atoms with Crippen molar-refractivity contribution in [3.05, 3.63) is 34.9 Å². The molecule has 0 aliphatic carbocycles. The Morgan fingerprint density at radius 1 is 1.25 bits per heavy atom. The van der Waals surface area contributed by atoms with Gasteiger partial charge in [-0.2, -0.15) is 0 Å². The van der Waals surface area contributed by atoms with Crippen molar-refractivity contribution in [3.63, 3.8) is 0 Å². The van der Waals surface area contributed by atoms with Crippen molar-refractivity contribution in [3.8, 4) is 0 Å². The fourth-order valence-corrected chi connectivity index (χ4v) is 2.10. The van der Waals surface area contributed by atoms with Gasteiger partial charge in [-0.1, -0.05) is 44.0 Å². The zero-order valence-electron chi connectivity index (χ0n) is 10.5. The van der Waals surface area contributed by atoms with Crippen LogP contribution in [0.1, 0.15) is 38.2 Å². The number of nitrogens with one attached hydrogen (secondary N) is 1. The largest absolute Gasteiger partial charge is 0.319 e. The minimum Gasteiger partial charge on any atom is -0.319 e. The first-order chi connectivity index (χ1) is 7.67. The molecule has 0 aromatic heterocycles. The molecule has 0 aliphatic rings. The van der Waals surface area contributed by atoms with Crippen molar-refractivity contribution in [2.75, 3.05) is 13.6 Å². The summed E-state index contributed by atoms with van der Waals surface area (Å²) in [5.74, 6) is 1.37. The van der Waals surface area contributed by atoms with Crippen LogP contribution < -0.4 is 5.32 Å². The molecule has 90 valence electrons. The summed E-state index contributed by atoms with van der Waals surface area (Å²) in [6.07, 6.45) is 2.48. The Kier molecular flexibility index (Phi) is 5.86. The average Bonchev–Trinajstić information content (AvgIpc) is 2.29. The van der Waals surface area contributed by atoms with Crippen LogP contribution in [0.2, 0.25) is 5.02 Å². The second-order valence-electron chi connectivity index (χ2n) is 4.56. The first-order valence-corrected chi connectivity index (χ1v) is 6.45. The molecule has 0 amide bonds. The van der Waals surface area contributed by atoms with E-state index in [4.69, 9.17) is 11.6 Å². The highest BCUT2D eigenvalue weighted by atomic mass is 35.5. The summed E-state index contributed by atoms with van der Waals surface area (Å²) >= 11 is 5.91. The third kappa shape index (κ3) is 4.15. The van der Waals surface area contributed by atoms with E-state index in [1.165, 1.54) is 18.4 Å². The van der Waals surface area contributed by atoms with Crippen LogP contribution in [0.15, 0.2) is 24.3 Å². The first kappa shape index (κ1) is 13.5. The van der Waals surface area contributed by atoms with Crippen molar-refractivity contribution in [1.82, 2.24) is 5.32 Å². The lowest BCUT2D eigenvalue weighted by atomic mass is 9.88. The minimum atomic E-state index is 0.595. The van der Waals surface area contributed by atoms with Crippen molar-refractivity contribution >= 4 is 11.6 Å². The van der Waals surface area contributed by atoms with Crippen LogP contribution >= 0.6 is 11.6 Å². The predicted octanol–water partition coefficient (Wildman–Crippen LogP) is 4.08. The van der Waals surface area contributed by atoms with Crippen molar-refractivity contribution in [1.29, 1.82) is 0 Å². The number of likely N-dealkylation sites (N-methyl/N-ethyl adjacent to an activating group) is 1. The van der Waals surface area contributed by atoms with Crippen LogP contribution in [-0.2, 0) is 0 Å². The third-order valence-corrected chi connectivity index (χ3v) is 3.43. The molecule has 0 spiro atoms.